The Morgan fingerprint density at radius 3 is 2.10 bits per heavy atom. The molecule has 2 N–H and O–H groups in total. The van der Waals surface area contributed by atoms with Crippen molar-refractivity contribution in [2.24, 2.45) is 0 Å². The minimum atomic E-state index is -3.66. The zero-order valence-corrected chi connectivity index (χ0v) is 12.3. The van der Waals surface area contributed by atoms with Crippen LogP contribution in [-0.4, -0.2) is 36.4 Å². The van der Waals surface area contributed by atoms with Gasteiger partial charge in [-0.15, -0.1) is 0 Å². The van der Waals surface area contributed by atoms with E-state index in [1.807, 2.05) is 0 Å². The van der Waals surface area contributed by atoms with Crippen LogP contribution in [0.5, 0.6) is 0 Å². The number of rotatable bonds is 5. The Morgan fingerprint density at radius 1 is 1.20 bits per heavy atom. The maximum absolute atomic E-state index is 12.0. The summed E-state index contributed by atoms with van der Waals surface area (Å²) in [5, 5.41) is 11.4. The van der Waals surface area contributed by atoms with E-state index in [-0.39, 0.29) is 0 Å². The largest absolute Gasteiger partial charge is 0.479 e. The monoisotopic (exact) mass is 299 g/mol. The fraction of sp³-hybridized carbons (Fsp3) is 0.385. The summed E-state index contributed by atoms with van der Waals surface area (Å²) >= 11 is 0. The Balaban J connectivity index is 3.05. The molecule has 0 aliphatic heterocycles. The molecule has 7 heteroatoms. The zero-order valence-electron chi connectivity index (χ0n) is 11.5. The normalized spacial score (nSPS) is 13.6. The van der Waals surface area contributed by atoms with Crippen molar-refractivity contribution in [1.29, 1.82) is 0 Å². The van der Waals surface area contributed by atoms with E-state index >= 15 is 0 Å². The molecule has 0 heterocycles. The van der Waals surface area contributed by atoms with Crippen molar-refractivity contribution < 1.29 is 23.1 Å². The first-order valence-electron chi connectivity index (χ1n) is 5.85. The highest BCUT2D eigenvalue weighted by molar-refractivity contribution is 7.92. The smallest absolute Gasteiger partial charge is 0.330 e. The second kappa shape index (κ2) is 5.62. The van der Waals surface area contributed by atoms with Crippen LogP contribution in [0.1, 0.15) is 25.5 Å². The minimum absolute atomic E-state index is 0.373. The van der Waals surface area contributed by atoms with Crippen molar-refractivity contribution in [2.75, 3.05) is 6.26 Å². The van der Waals surface area contributed by atoms with Crippen LogP contribution in [0.4, 0.5) is 0 Å². The van der Waals surface area contributed by atoms with Gasteiger partial charge in [-0.2, -0.15) is 0 Å². The number of benzene rings is 1. The van der Waals surface area contributed by atoms with Crippen molar-refractivity contribution in [2.45, 2.75) is 24.6 Å². The van der Waals surface area contributed by atoms with Gasteiger partial charge in [0, 0.05) is 6.26 Å². The molecule has 0 spiro atoms. The van der Waals surface area contributed by atoms with Crippen LogP contribution >= 0.6 is 0 Å². The SMILES string of the molecule is CC(C)(C(=O)N[C@@H](C(=O)O)c1ccccc1)S(C)(=O)=O. The topological polar surface area (TPSA) is 101 Å². The van der Waals surface area contributed by atoms with E-state index in [2.05, 4.69) is 5.32 Å². The molecule has 0 saturated carbocycles. The fourth-order valence-electron chi connectivity index (χ4n) is 1.41. The first kappa shape index (κ1) is 16.2. The number of carboxylic acid groups (broad SMARTS) is 1. The van der Waals surface area contributed by atoms with E-state index in [1.165, 1.54) is 13.8 Å². The number of sulfone groups is 1. The standard InChI is InChI=1S/C13H17NO5S/c1-13(2,20(3,18)19)12(17)14-10(11(15)16)9-7-5-4-6-8-9/h4-8,10H,1-3H3,(H,14,17)(H,15,16)/t10-/m1/s1. The number of carbonyl (C=O) groups is 2. The van der Waals surface area contributed by atoms with Crippen LogP contribution in [0, 0.1) is 0 Å². The third-order valence-corrected chi connectivity index (χ3v) is 5.17. The Labute approximate surface area is 117 Å². The first-order valence-corrected chi connectivity index (χ1v) is 7.75. The third kappa shape index (κ3) is 3.36. The van der Waals surface area contributed by atoms with Crippen molar-refractivity contribution in [1.82, 2.24) is 5.32 Å². The average molecular weight is 299 g/mol. The molecule has 1 atom stereocenters. The highest BCUT2D eigenvalue weighted by Crippen LogP contribution is 2.19. The number of nitrogens with one attached hydrogen (secondary N) is 1. The van der Waals surface area contributed by atoms with Crippen molar-refractivity contribution in [3.8, 4) is 0 Å². The molecule has 110 valence electrons. The first-order chi connectivity index (χ1) is 9.07. The van der Waals surface area contributed by atoms with Crippen LogP contribution in [0.15, 0.2) is 30.3 Å². The number of amides is 1. The van der Waals surface area contributed by atoms with E-state index < -0.39 is 32.5 Å². The van der Waals surface area contributed by atoms with Gasteiger partial charge in [0.15, 0.2) is 15.9 Å². The lowest BCUT2D eigenvalue weighted by Crippen LogP contribution is -2.49. The summed E-state index contributed by atoms with van der Waals surface area (Å²) in [5.41, 5.74) is 0.373. The van der Waals surface area contributed by atoms with Crippen molar-refractivity contribution in [3.63, 3.8) is 0 Å². The van der Waals surface area contributed by atoms with Gasteiger partial charge < -0.3 is 10.4 Å². The molecule has 0 aromatic heterocycles. The van der Waals surface area contributed by atoms with E-state index in [4.69, 9.17) is 0 Å². The summed E-state index contributed by atoms with van der Waals surface area (Å²) in [6.07, 6.45) is 0.935. The van der Waals surface area contributed by atoms with E-state index in [0.29, 0.717) is 5.56 Å². The number of carbonyl (C=O) groups excluding carboxylic acids is 1. The van der Waals surface area contributed by atoms with E-state index in [0.717, 1.165) is 6.26 Å². The molecule has 0 aliphatic rings. The van der Waals surface area contributed by atoms with Crippen LogP contribution in [0.2, 0.25) is 0 Å². The lowest BCUT2D eigenvalue weighted by molar-refractivity contribution is -0.142. The van der Waals surface area contributed by atoms with Crippen molar-refractivity contribution in [3.05, 3.63) is 35.9 Å². The third-order valence-electron chi connectivity index (χ3n) is 3.13. The second-order valence-electron chi connectivity index (χ2n) is 4.94. The van der Waals surface area contributed by atoms with Gasteiger partial charge in [-0.25, -0.2) is 13.2 Å². The Morgan fingerprint density at radius 2 is 1.70 bits per heavy atom. The van der Waals surface area contributed by atoms with E-state index in [9.17, 15) is 23.1 Å². The van der Waals surface area contributed by atoms with E-state index in [1.54, 1.807) is 30.3 Å². The van der Waals surface area contributed by atoms with Crippen LogP contribution in [0.3, 0.4) is 0 Å². The molecule has 1 aromatic carbocycles. The molecule has 6 nitrogen and oxygen atoms in total. The zero-order chi connectivity index (χ0) is 15.6. The summed E-state index contributed by atoms with van der Waals surface area (Å²) in [4.78, 5) is 23.3. The number of hydrogen-bond acceptors (Lipinski definition) is 4. The molecular weight excluding hydrogens is 282 g/mol. The lowest BCUT2D eigenvalue weighted by atomic mass is 10.1. The van der Waals surface area contributed by atoms with Crippen molar-refractivity contribution >= 4 is 21.7 Å². The van der Waals surface area contributed by atoms with Gasteiger partial charge in [-0.3, -0.25) is 4.79 Å². The molecular formula is C13H17NO5S. The predicted molar refractivity (Wildman–Crippen MR) is 73.9 cm³/mol. The summed E-state index contributed by atoms with van der Waals surface area (Å²) in [6, 6.07) is 6.80. The van der Waals surface area contributed by atoms with Gasteiger partial charge >= 0.3 is 5.97 Å². The van der Waals surface area contributed by atoms with Crippen LogP contribution < -0.4 is 5.32 Å². The number of carboxylic acids is 1. The Kier molecular flexibility index (Phi) is 4.54. The highest BCUT2D eigenvalue weighted by Gasteiger charge is 2.40. The predicted octanol–water partition coefficient (Wildman–Crippen LogP) is 0.752. The van der Waals surface area contributed by atoms with Crippen LogP contribution in [0.25, 0.3) is 0 Å². The second-order valence-corrected chi connectivity index (χ2v) is 7.50. The Bertz CT molecular complexity index is 607. The summed E-state index contributed by atoms with van der Waals surface area (Å²) in [5.74, 6) is -2.11. The molecule has 0 radical (unpaired) electrons. The summed E-state index contributed by atoms with van der Waals surface area (Å²) in [7, 11) is -3.66. The van der Waals surface area contributed by atoms with Gasteiger partial charge in [-0.05, 0) is 19.4 Å². The fourth-order valence-corrected chi connectivity index (χ4v) is 1.80. The molecule has 0 bridgehead atoms. The van der Waals surface area contributed by atoms with Gasteiger partial charge in [0.25, 0.3) is 0 Å². The highest BCUT2D eigenvalue weighted by atomic mass is 32.2. The Hall–Kier alpha value is -1.89. The molecule has 0 saturated heterocycles. The number of aliphatic carboxylic acids is 1. The average Bonchev–Trinajstić information content (AvgIpc) is 2.34. The molecule has 1 aromatic rings. The molecule has 1 rings (SSSR count). The molecule has 0 fully saturated rings. The quantitative estimate of drug-likeness (QED) is 0.835. The summed E-state index contributed by atoms with van der Waals surface area (Å²) in [6.45, 7) is 2.48. The molecule has 1 amide bonds. The minimum Gasteiger partial charge on any atom is -0.479 e. The molecule has 0 unspecified atom stereocenters. The lowest BCUT2D eigenvalue weighted by Gasteiger charge is -2.24. The maximum atomic E-state index is 12.0. The summed E-state index contributed by atoms with van der Waals surface area (Å²) < 4.78 is 21.4. The van der Waals surface area contributed by atoms with Gasteiger partial charge in [0.05, 0.1) is 0 Å². The van der Waals surface area contributed by atoms with Gasteiger partial charge in [-0.1, -0.05) is 30.3 Å². The van der Waals surface area contributed by atoms with Gasteiger partial charge in [0.1, 0.15) is 4.75 Å². The number of hydrogen-bond donors (Lipinski definition) is 2. The van der Waals surface area contributed by atoms with Crippen LogP contribution in [-0.2, 0) is 19.4 Å². The van der Waals surface area contributed by atoms with Gasteiger partial charge in [0.2, 0.25) is 5.91 Å². The maximum Gasteiger partial charge on any atom is 0.330 e. The molecule has 0 aliphatic carbocycles. The molecule has 20 heavy (non-hydrogen) atoms.